The quantitative estimate of drug-likeness (QED) is 0.390. The van der Waals surface area contributed by atoms with Crippen molar-refractivity contribution in [1.82, 2.24) is 4.90 Å². The lowest BCUT2D eigenvalue weighted by Gasteiger charge is -2.21. The number of rotatable bonds is 3. The van der Waals surface area contributed by atoms with E-state index in [1.807, 2.05) is 18.2 Å². The van der Waals surface area contributed by atoms with E-state index in [2.05, 4.69) is 0 Å². The average molecular weight is 380 g/mol. The number of esters is 1. The van der Waals surface area contributed by atoms with Crippen molar-refractivity contribution in [3.05, 3.63) is 76.8 Å². The molecule has 6 heteroatoms. The SMILES string of the molecule is C[C@H](C(=O)Oc1ccc(Cl)c2ccccc12)N1C(=O)c2ccccc2C1=O. The number of carbonyl (C=O) groups is 3. The Labute approximate surface area is 160 Å². The molecule has 0 saturated heterocycles. The zero-order chi connectivity index (χ0) is 19.1. The van der Waals surface area contributed by atoms with Crippen molar-refractivity contribution in [3.8, 4) is 5.75 Å². The van der Waals surface area contributed by atoms with Crippen molar-refractivity contribution in [2.75, 3.05) is 0 Å². The van der Waals surface area contributed by atoms with Gasteiger partial charge in [0.05, 0.1) is 11.1 Å². The van der Waals surface area contributed by atoms with Gasteiger partial charge in [-0.1, -0.05) is 48.0 Å². The maximum Gasteiger partial charge on any atom is 0.334 e. The summed E-state index contributed by atoms with van der Waals surface area (Å²) in [6.07, 6.45) is 0. The third kappa shape index (κ3) is 2.76. The molecule has 0 spiro atoms. The molecule has 5 nitrogen and oxygen atoms in total. The van der Waals surface area contributed by atoms with Crippen LogP contribution in [0.5, 0.6) is 5.75 Å². The van der Waals surface area contributed by atoms with Crippen LogP contribution in [-0.4, -0.2) is 28.7 Å². The molecule has 0 saturated carbocycles. The topological polar surface area (TPSA) is 63.7 Å². The molecule has 1 atom stereocenters. The normalized spacial score (nSPS) is 14.4. The van der Waals surface area contributed by atoms with Crippen LogP contribution in [0.2, 0.25) is 5.02 Å². The Kier molecular flexibility index (Phi) is 4.16. The molecule has 1 aliphatic rings. The second-order valence-corrected chi connectivity index (χ2v) is 6.62. The van der Waals surface area contributed by atoms with Crippen LogP contribution < -0.4 is 4.74 Å². The van der Waals surface area contributed by atoms with E-state index in [1.54, 1.807) is 42.5 Å². The van der Waals surface area contributed by atoms with Gasteiger partial charge in [-0.25, -0.2) is 4.79 Å². The molecule has 0 bridgehead atoms. The van der Waals surface area contributed by atoms with Gasteiger partial charge in [-0.3, -0.25) is 14.5 Å². The molecule has 0 unspecified atom stereocenters. The number of fused-ring (bicyclic) bond motifs is 2. The Balaban J connectivity index is 1.63. The van der Waals surface area contributed by atoms with Crippen molar-refractivity contribution in [2.24, 2.45) is 0 Å². The summed E-state index contributed by atoms with van der Waals surface area (Å²) in [5.41, 5.74) is 0.582. The predicted octanol–water partition coefficient (Wildman–Crippen LogP) is 4.08. The number of carbonyl (C=O) groups excluding carboxylic acids is 3. The third-order valence-corrected chi connectivity index (χ3v) is 4.92. The molecule has 1 aliphatic heterocycles. The number of ether oxygens (including phenoxy) is 1. The Morgan fingerprint density at radius 1 is 0.889 bits per heavy atom. The van der Waals surface area contributed by atoms with Crippen LogP contribution >= 0.6 is 11.6 Å². The first-order valence-corrected chi connectivity index (χ1v) is 8.72. The van der Waals surface area contributed by atoms with Crippen molar-refractivity contribution >= 4 is 40.2 Å². The van der Waals surface area contributed by atoms with Crippen LogP contribution in [0.1, 0.15) is 27.6 Å². The molecule has 3 aromatic rings. The fourth-order valence-corrected chi connectivity index (χ4v) is 3.41. The van der Waals surface area contributed by atoms with Crippen LogP contribution in [0, 0.1) is 0 Å². The van der Waals surface area contributed by atoms with Gasteiger partial charge in [-0.15, -0.1) is 0 Å². The van der Waals surface area contributed by atoms with Gasteiger partial charge < -0.3 is 4.74 Å². The van der Waals surface area contributed by atoms with Gasteiger partial charge in [0.15, 0.2) is 0 Å². The second kappa shape index (κ2) is 6.52. The highest BCUT2D eigenvalue weighted by atomic mass is 35.5. The van der Waals surface area contributed by atoms with E-state index in [0.717, 1.165) is 10.3 Å². The standard InChI is InChI=1S/C21H14ClNO4/c1-12(23-19(24)15-8-4-5-9-16(15)20(23)25)21(26)27-18-11-10-17(22)13-6-2-3-7-14(13)18/h2-12H,1H3/t12-/m1/s1. The first kappa shape index (κ1) is 17.2. The molecule has 1 heterocycles. The van der Waals surface area contributed by atoms with Gasteiger partial charge in [0.25, 0.3) is 11.8 Å². The van der Waals surface area contributed by atoms with Crippen molar-refractivity contribution in [2.45, 2.75) is 13.0 Å². The van der Waals surface area contributed by atoms with Crippen molar-refractivity contribution in [1.29, 1.82) is 0 Å². The minimum atomic E-state index is -1.06. The molecule has 0 aromatic heterocycles. The molecule has 134 valence electrons. The lowest BCUT2D eigenvalue weighted by atomic mass is 10.1. The van der Waals surface area contributed by atoms with Gasteiger partial charge >= 0.3 is 5.97 Å². The number of imide groups is 1. The summed E-state index contributed by atoms with van der Waals surface area (Å²) in [5, 5.41) is 1.96. The monoisotopic (exact) mass is 379 g/mol. The minimum Gasteiger partial charge on any atom is -0.424 e. The van der Waals surface area contributed by atoms with Gasteiger partial charge in [0.1, 0.15) is 11.8 Å². The van der Waals surface area contributed by atoms with Gasteiger partial charge in [0.2, 0.25) is 0 Å². The highest BCUT2D eigenvalue weighted by Crippen LogP contribution is 2.32. The lowest BCUT2D eigenvalue weighted by molar-refractivity contribution is -0.138. The summed E-state index contributed by atoms with van der Waals surface area (Å²) >= 11 is 6.18. The Bertz CT molecular complexity index is 1070. The summed E-state index contributed by atoms with van der Waals surface area (Å²) in [5.74, 6) is -1.37. The number of halogens is 1. The predicted molar refractivity (Wildman–Crippen MR) is 101 cm³/mol. The second-order valence-electron chi connectivity index (χ2n) is 6.21. The zero-order valence-corrected chi connectivity index (χ0v) is 15.1. The summed E-state index contributed by atoms with van der Waals surface area (Å²) in [6, 6.07) is 15.9. The number of nitrogens with zero attached hydrogens (tertiary/aromatic N) is 1. The summed E-state index contributed by atoms with van der Waals surface area (Å²) in [7, 11) is 0. The van der Waals surface area contributed by atoms with Crippen molar-refractivity contribution < 1.29 is 19.1 Å². The van der Waals surface area contributed by atoms with E-state index in [4.69, 9.17) is 16.3 Å². The Hall–Kier alpha value is -3.18. The van der Waals surface area contributed by atoms with Gasteiger partial charge in [-0.05, 0) is 31.2 Å². The summed E-state index contributed by atoms with van der Waals surface area (Å²) in [6.45, 7) is 1.47. The van der Waals surface area contributed by atoms with E-state index in [0.29, 0.717) is 27.3 Å². The van der Waals surface area contributed by atoms with E-state index >= 15 is 0 Å². The minimum absolute atomic E-state index is 0.291. The smallest absolute Gasteiger partial charge is 0.334 e. The fraction of sp³-hybridized carbons (Fsp3) is 0.0952. The fourth-order valence-electron chi connectivity index (χ4n) is 3.18. The number of benzene rings is 3. The van der Waals surface area contributed by atoms with Gasteiger partial charge in [0, 0.05) is 15.8 Å². The van der Waals surface area contributed by atoms with E-state index in [9.17, 15) is 14.4 Å². The Morgan fingerprint density at radius 2 is 1.44 bits per heavy atom. The zero-order valence-electron chi connectivity index (χ0n) is 14.3. The average Bonchev–Trinajstić information content (AvgIpc) is 2.94. The van der Waals surface area contributed by atoms with Crippen LogP contribution in [0.4, 0.5) is 0 Å². The number of hydrogen-bond acceptors (Lipinski definition) is 4. The first-order valence-electron chi connectivity index (χ1n) is 8.35. The summed E-state index contributed by atoms with van der Waals surface area (Å²) < 4.78 is 5.51. The van der Waals surface area contributed by atoms with Gasteiger partial charge in [-0.2, -0.15) is 0 Å². The summed E-state index contributed by atoms with van der Waals surface area (Å²) in [4.78, 5) is 38.7. The van der Waals surface area contributed by atoms with E-state index in [1.165, 1.54) is 6.92 Å². The van der Waals surface area contributed by atoms with E-state index < -0.39 is 23.8 Å². The van der Waals surface area contributed by atoms with Crippen molar-refractivity contribution in [3.63, 3.8) is 0 Å². The number of hydrogen-bond donors (Lipinski definition) is 0. The van der Waals surface area contributed by atoms with Crippen LogP contribution in [-0.2, 0) is 4.79 Å². The molecule has 3 aromatic carbocycles. The largest absolute Gasteiger partial charge is 0.424 e. The van der Waals surface area contributed by atoms with Crippen LogP contribution in [0.3, 0.4) is 0 Å². The molecule has 0 aliphatic carbocycles. The highest BCUT2D eigenvalue weighted by molar-refractivity contribution is 6.35. The molecular formula is C21H14ClNO4. The first-order chi connectivity index (χ1) is 13.0. The molecular weight excluding hydrogens is 366 g/mol. The highest BCUT2D eigenvalue weighted by Gasteiger charge is 2.41. The lowest BCUT2D eigenvalue weighted by Crippen LogP contribution is -2.44. The Morgan fingerprint density at radius 3 is 2.07 bits per heavy atom. The maximum atomic E-state index is 12.7. The molecule has 27 heavy (non-hydrogen) atoms. The molecule has 0 N–H and O–H groups in total. The molecule has 2 amide bonds. The third-order valence-electron chi connectivity index (χ3n) is 4.60. The van der Waals surface area contributed by atoms with E-state index in [-0.39, 0.29) is 0 Å². The molecule has 0 fully saturated rings. The van der Waals surface area contributed by atoms with Crippen LogP contribution in [0.25, 0.3) is 10.8 Å². The molecule has 4 rings (SSSR count). The number of amides is 2. The maximum absolute atomic E-state index is 12.7. The molecule has 0 radical (unpaired) electrons. The van der Waals surface area contributed by atoms with Crippen LogP contribution in [0.15, 0.2) is 60.7 Å².